The number of carbonyl (C=O) groups is 2. The van der Waals surface area contributed by atoms with Gasteiger partial charge >= 0.3 is 5.97 Å². The highest BCUT2D eigenvalue weighted by molar-refractivity contribution is 8.00. The van der Waals surface area contributed by atoms with E-state index >= 15 is 0 Å². The summed E-state index contributed by atoms with van der Waals surface area (Å²) >= 11 is 1.03. The van der Waals surface area contributed by atoms with Crippen LogP contribution in [0.5, 0.6) is 0 Å². The zero-order chi connectivity index (χ0) is 15.2. The van der Waals surface area contributed by atoms with E-state index in [4.69, 9.17) is 9.52 Å². The maximum atomic E-state index is 11.8. The number of benzene rings is 1. The first-order valence-corrected chi connectivity index (χ1v) is 7.20. The van der Waals surface area contributed by atoms with Crippen LogP contribution >= 0.6 is 11.8 Å². The number of para-hydroxylation sites is 1. The summed E-state index contributed by atoms with van der Waals surface area (Å²) in [6.45, 7) is 1.68. The van der Waals surface area contributed by atoms with Crippen LogP contribution in [0.4, 0.5) is 5.69 Å². The molecule has 0 fully saturated rings. The Balaban J connectivity index is 2.07. The number of hydrogen-bond donors (Lipinski definition) is 2. The molecule has 2 aromatic rings. The van der Waals surface area contributed by atoms with Crippen LogP contribution in [-0.2, 0) is 9.59 Å². The number of aromatic nitrogens is 2. The summed E-state index contributed by atoms with van der Waals surface area (Å²) in [5, 5.41) is 18.9. The summed E-state index contributed by atoms with van der Waals surface area (Å²) in [5.41, 5.74) is 1.16. The predicted octanol–water partition coefficient (Wildman–Crippen LogP) is 1.80. The van der Waals surface area contributed by atoms with E-state index in [1.54, 1.807) is 31.2 Å². The van der Waals surface area contributed by atoms with Gasteiger partial charge in [-0.3, -0.25) is 9.59 Å². The Labute approximate surface area is 124 Å². The normalized spacial score (nSPS) is 10.3. The smallest absolute Gasteiger partial charge is 0.313 e. The Morgan fingerprint density at radius 3 is 2.71 bits per heavy atom. The molecule has 2 rings (SSSR count). The Morgan fingerprint density at radius 2 is 2.05 bits per heavy atom. The second-order valence-electron chi connectivity index (χ2n) is 4.11. The average Bonchev–Trinajstić information content (AvgIpc) is 2.85. The number of hydrogen-bond acceptors (Lipinski definition) is 6. The van der Waals surface area contributed by atoms with Crippen LogP contribution < -0.4 is 5.32 Å². The van der Waals surface area contributed by atoms with Gasteiger partial charge in [0.05, 0.1) is 22.8 Å². The summed E-state index contributed by atoms with van der Waals surface area (Å²) in [5.74, 6) is -0.536. The SMILES string of the molecule is Cc1nnc(-c2ccccc2NC(=O)CSCC(=O)O)o1. The molecule has 0 saturated heterocycles. The van der Waals surface area contributed by atoms with Gasteiger partial charge in [0.15, 0.2) is 0 Å². The summed E-state index contributed by atoms with van der Waals surface area (Å²) in [6, 6.07) is 7.04. The monoisotopic (exact) mass is 307 g/mol. The van der Waals surface area contributed by atoms with Crippen molar-refractivity contribution in [2.75, 3.05) is 16.8 Å². The molecule has 1 aromatic carbocycles. The molecule has 0 unspecified atom stereocenters. The summed E-state index contributed by atoms with van der Waals surface area (Å²) < 4.78 is 5.35. The van der Waals surface area contributed by atoms with Gasteiger partial charge in [0.25, 0.3) is 0 Å². The van der Waals surface area contributed by atoms with Gasteiger partial charge in [-0.2, -0.15) is 0 Å². The number of aliphatic carboxylic acids is 1. The minimum Gasteiger partial charge on any atom is -0.481 e. The number of carbonyl (C=O) groups excluding carboxylic acids is 1. The van der Waals surface area contributed by atoms with Gasteiger partial charge in [0.2, 0.25) is 17.7 Å². The minimum atomic E-state index is -0.950. The van der Waals surface area contributed by atoms with Crippen molar-refractivity contribution in [1.82, 2.24) is 10.2 Å². The molecule has 0 aliphatic carbocycles. The lowest BCUT2D eigenvalue weighted by molar-refractivity contribution is -0.133. The van der Waals surface area contributed by atoms with E-state index in [0.29, 0.717) is 23.0 Å². The number of carboxylic acid groups (broad SMARTS) is 1. The predicted molar refractivity (Wildman–Crippen MR) is 78.1 cm³/mol. The fourth-order valence-corrected chi connectivity index (χ4v) is 2.14. The third-order valence-electron chi connectivity index (χ3n) is 2.42. The number of anilines is 1. The van der Waals surface area contributed by atoms with Crippen LogP contribution in [0.2, 0.25) is 0 Å². The van der Waals surface area contributed by atoms with E-state index in [1.165, 1.54) is 0 Å². The van der Waals surface area contributed by atoms with Crippen molar-refractivity contribution >= 4 is 29.3 Å². The van der Waals surface area contributed by atoms with Crippen LogP contribution in [-0.4, -0.2) is 38.7 Å². The van der Waals surface area contributed by atoms with E-state index in [-0.39, 0.29) is 17.4 Å². The van der Waals surface area contributed by atoms with Crippen molar-refractivity contribution in [1.29, 1.82) is 0 Å². The molecule has 0 aliphatic heterocycles. The highest BCUT2D eigenvalue weighted by Gasteiger charge is 2.13. The number of thioether (sulfide) groups is 1. The lowest BCUT2D eigenvalue weighted by Crippen LogP contribution is -2.16. The molecule has 110 valence electrons. The Kier molecular flexibility index (Phi) is 4.94. The first-order chi connectivity index (χ1) is 10.1. The van der Waals surface area contributed by atoms with Crippen molar-refractivity contribution in [3.05, 3.63) is 30.2 Å². The number of rotatable bonds is 6. The lowest BCUT2D eigenvalue weighted by Gasteiger charge is -2.08. The molecular weight excluding hydrogens is 294 g/mol. The maximum Gasteiger partial charge on any atom is 0.313 e. The molecule has 0 aliphatic rings. The molecule has 0 spiro atoms. The van der Waals surface area contributed by atoms with Crippen molar-refractivity contribution in [2.24, 2.45) is 0 Å². The molecule has 8 heteroatoms. The zero-order valence-corrected chi connectivity index (χ0v) is 12.0. The molecule has 0 saturated carbocycles. The fourth-order valence-electron chi connectivity index (χ4n) is 1.60. The summed E-state index contributed by atoms with van der Waals surface area (Å²) in [6.07, 6.45) is 0. The van der Waals surface area contributed by atoms with E-state index in [0.717, 1.165) is 11.8 Å². The van der Waals surface area contributed by atoms with Gasteiger partial charge in [0, 0.05) is 6.92 Å². The lowest BCUT2D eigenvalue weighted by atomic mass is 10.2. The highest BCUT2D eigenvalue weighted by atomic mass is 32.2. The van der Waals surface area contributed by atoms with Crippen LogP contribution in [0.3, 0.4) is 0 Å². The molecular formula is C13H13N3O4S. The van der Waals surface area contributed by atoms with E-state index in [1.807, 2.05) is 0 Å². The molecule has 1 amide bonds. The summed E-state index contributed by atoms with van der Waals surface area (Å²) in [7, 11) is 0. The fraction of sp³-hybridized carbons (Fsp3) is 0.231. The van der Waals surface area contributed by atoms with Gasteiger partial charge in [-0.25, -0.2) is 0 Å². The van der Waals surface area contributed by atoms with Crippen LogP contribution in [0, 0.1) is 6.92 Å². The van der Waals surface area contributed by atoms with Gasteiger partial charge in [-0.05, 0) is 12.1 Å². The Morgan fingerprint density at radius 1 is 1.29 bits per heavy atom. The van der Waals surface area contributed by atoms with Crippen molar-refractivity contribution in [3.8, 4) is 11.5 Å². The molecule has 1 heterocycles. The highest BCUT2D eigenvalue weighted by Crippen LogP contribution is 2.26. The van der Waals surface area contributed by atoms with Crippen molar-refractivity contribution in [3.63, 3.8) is 0 Å². The number of carboxylic acids is 1. The first kappa shape index (κ1) is 15.0. The second-order valence-corrected chi connectivity index (χ2v) is 5.09. The van der Waals surface area contributed by atoms with Gasteiger partial charge in [0.1, 0.15) is 0 Å². The van der Waals surface area contributed by atoms with E-state index in [2.05, 4.69) is 15.5 Å². The quantitative estimate of drug-likeness (QED) is 0.838. The molecule has 0 bridgehead atoms. The van der Waals surface area contributed by atoms with Crippen LogP contribution in [0.1, 0.15) is 5.89 Å². The molecule has 2 N–H and O–H groups in total. The maximum absolute atomic E-state index is 11.8. The molecule has 0 atom stereocenters. The number of amides is 1. The van der Waals surface area contributed by atoms with Crippen molar-refractivity contribution in [2.45, 2.75) is 6.92 Å². The second kappa shape index (κ2) is 6.89. The minimum absolute atomic E-state index is 0.0590. The Bertz CT molecular complexity index is 656. The zero-order valence-electron chi connectivity index (χ0n) is 11.2. The molecule has 7 nitrogen and oxygen atoms in total. The van der Waals surface area contributed by atoms with Gasteiger partial charge in [-0.1, -0.05) is 12.1 Å². The van der Waals surface area contributed by atoms with Gasteiger partial charge in [-0.15, -0.1) is 22.0 Å². The third-order valence-corrected chi connectivity index (χ3v) is 3.33. The van der Waals surface area contributed by atoms with E-state index < -0.39 is 5.97 Å². The van der Waals surface area contributed by atoms with Crippen molar-refractivity contribution < 1.29 is 19.1 Å². The van der Waals surface area contributed by atoms with Crippen LogP contribution in [0.15, 0.2) is 28.7 Å². The average molecular weight is 307 g/mol. The van der Waals surface area contributed by atoms with Crippen LogP contribution in [0.25, 0.3) is 11.5 Å². The van der Waals surface area contributed by atoms with Gasteiger partial charge < -0.3 is 14.8 Å². The number of nitrogens with one attached hydrogen (secondary N) is 1. The standard InChI is InChI=1S/C13H13N3O4S/c1-8-15-16-13(20-8)9-4-2-3-5-10(9)14-11(17)6-21-7-12(18)19/h2-5H,6-7H2,1H3,(H,14,17)(H,18,19). The Hall–Kier alpha value is -2.35. The molecule has 0 radical (unpaired) electrons. The third kappa shape index (κ3) is 4.32. The number of aryl methyl sites for hydroxylation is 1. The topological polar surface area (TPSA) is 105 Å². The number of nitrogens with zero attached hydrogens (tertiary/aromatic N) is 2. The molecule has 21 heavy (non-hydrogen) atoms. The largest absolute Gasteiger partial charge is 0.481 e. The summed E-state index contributed by atoms with van der Waals surface area (Å²) in [4.78, 5) is 22.2. The van der Waals surface area contributed by atoms with E-state index in [9.17, 15) is 9.59 Å². The molecule has 1 aromatic heterocycles. The first-order valence-electron chi connectivity index (χ1n) is 6.05.